The zero-order valence-electron chi connectivity index (χ0n) is 22.8. The van der Waals surface area contributed by atoms with Gasteiger partial charge >= 0.3 is 0 Å². The van der Waals surface area contributed by atoms with Crippen LogP contribution in [0.4, 0.5) is 10.1 Å². The van der Waals surface area contributed by atoms with Crippen molar-refractivity contribution in [3.05, 3.63) is 66.3 Å². The van der Waals surface area contributed by atoms with E-state index in [1.807, 2.05) is 35.2 Å². The Morgan fingerprint density at radius 3 is 2.63 bits per heavy atom. The molecule has 3 atom stereocenters. The fourth-order valence-corrected chi connectivity index (χ4v) is 7.10. The molecule has 0 radical (unpaired) electrons. The number of para-hydroxylation sites is 1. The first-order valence-electron chi connectivity index (χ1n) is 14.5. The predicted molar refractivity (Wildman–Crippen MR) is 148 cm³/mol. The van der Waals surface area contributed by atoms with Gasteiger partial charge in [0.2, 0.25) is 17.6 Å². The largest absolute Gasteiger partial charge is 0.342 e. The Hall–Kier alpha value is -3.83. The molecule has 4 fully saturated rings. The standard InChI is InChI=1S/C30H34FN7O3/c31-23-9-6-20(7-10-23)27-33-26(41-35-27)18-37-19-38(24-4-2-1-3-5-24)30(29(37)40)12-14-36(15-13-30)28(39)21-8-11-25-22(16-21)17-32-34-25/h1-7,9-10,21-22,25,32,34H,8,11-19H2. The highest BCUT2D eigenvalue weighted by atomic mass is 19.1. The van der Waals surface area contributed by atoms with Gasteiger partial charge in [0.25, 0.3) is 5.91 Å². The molecule has 1 aromatic heterocycles. The van der Waals surface area contributed by atoms with Crippen molar-refractivity contribution in [1.29, 1.82) is 0 Å². The van der Waals surface area contributed by atoms with Gasteiger partial charge in [-0.15, -0.1) is 0 Å². The lowest BCUT2D eigenvalue weighted by molar-refractivity contribution is -0.142. The quantitative estimate of drug-likeness (QED) is 0.492. The molecule has 10 nitrogen and oxygen atoms in total. The summed E-state index contributed by atoms with van der Waals surface area (Å²) < 4.78 is 18.8. The summed E-state index contributed by atoms with van der Waals surface area (Å²) in [5.41, 5.74) is 7.45. The number of hydrogen-bond donors (Lipinski definition) is 2. The van der Waals surface area contributed by atoms with E-state index < -0.39 is 5.54 Å². The number of hydrogen-bond acceptors (Lipinski definition) is 8. The number of hydrazine groups is 1. The molecule has 1 spiro atoms. The van der Waals surface area contributed by atoms with E-state index >= 15 is 0 Å². The first kappa shape index (κ1) is 26.1. The van der Waals surface area contributed by atoms with E-state index in [9.17, 15) is 14.0 Å². The fourth-order valence-electron chi connectivity index (χ4n) is 7.10. The molecule has 2 amide bonds. The van der Waals surface area contributed by atoms with E-state index in [4.69, 9.17) is 4.52 Å². The highest BCUT2D eigenvalue weighted by Crippen LogP contribution is 2.41. The molecule has 214 valence electrons. The number of likely N-dealkylation sites (tertiary alicyclic amines) is 1. The smallest absolute Gasteiger partial charge is 0.250 e. The molecular formula is C30H34FN7O3. The number of aromatic nitrogens is 2. The number of carbonyl (C=O) groups is 2. The molecule has 2 N–H and O–H groups in total. The highest BCUT2D eigenvalue weighted by molar-refractivity contribution is 5.94. The van der Waals surface area contributed by atoms with Crippen LogP contribution in [-0.2, 0) is 16.1 Å². The maximum atomic E-state index is 14.1. The summed E-state index contributed by atoms with van der Waals surface area (Å²) in [5.74, 6) is 1.14. The minimum Gasteiger partial charge on any atom is -0.342 e. The molecule has 3 aliphatic heterocycles. The number of anilines is 1. The number of benzene rings is 2. The van der Waals surface area contributed by atoms with Crippen LogP contribution in [0.25, 0.3) is 11.4 Å². The Morgan fingerprint density at radius 1 is 1.07 bits per heavy atom. The second-order valence-corrected chi connectivity index (χ2v) is 11.7. The van der Waals surface area contributed by atoms with Crippen molar-refractivity contribution in [3.63, 3.8) is 0 Å². The molecule has 4 heterocycles. The van der Waals surface area contributed by atoms with Gasteiger partial charge in [0, 0.05) is 42.8 Å². The summed E-state index contributed by atoms with van der Waals surface area (Å²) in [6.07, 6.45) is 3.96. The lowest BCUT2D eigenvalue weighted by Gasteiger charge is -2.44. The highest BCUT2D eigenvalue weighted by Gasteiger charge is 2.54. The first-order chi connectivity index (χ1) is 20.0. The Labute approximate surface area is 237 Å². The lowest BCUT2D eigenvalue weighted by Crippen LogP contribution is -2.58. The third kappa shape index (κ3) is 4.76. The van der Waals surface area contributed by atoms with Crippen molar-refractivity contribution in [2.75, 3.05) is 31.2 Å². The zero-order valence-corrected chi connectivity index (χ0v) is 22.8. The Bertz CT molecular complexity index is 1410. The van der Waals surface area contributed by atoms with E-state index in [1.54, 1.807) is 17.0 Å². The maximum Gasteiger partial charge on any atom is 0.250 e. The molecule has 3 saturated heterocycles. The van der Waals surface area contributed by atoms with E-state index in [0.717, 1.165) is 31.5 Å². The van der Waals surface area contributed by atoms with Gasteiger partial charge in [-0.1, -0.05) is 23.4 Å². The van der Waals surface area contributed by atoms with Crippen molar-refractivity contribution in [2.24, 2.45) is 11.8 Å². The van der Waals surface area contributed by atoms with Crippen LogP contribution in [0, 0.1) is 17.7 Å². The third-order valence-electron chi connectivity index (χ3n) is 9.36. The van der Waals surface area contributed by atoms with Crippen molar-refractivity contribution in [3.8, 4) is 11.4 Å². The van der Waals surface area contributed by atoms with Gasteiger partial charge in [-0.2, -0.15) is 4.98 Å². The number of rotatable bonds is 5. The SMILES string of the molecule is O=C(C1CCC2NNCC2C1)N1CCC2(CC1)C(=O)N(Cc1nc(-c3ccc(F)cc3)no1)CN2c1ccccc1. The first-order valence-corrected chi connectivity index (χ1v) is 14.5. The maximum absolute atomic E-state index is 14.1. The zero-order chi connectivity index (χ0) is 28.0. The molecular weight excluding hydrogens is 525 g/mol. The van der Waals surface area contributed by atoms with Gasteiger partial charge in [0.05, 0.1) is 6.67 Å². The van der Waals surface area contributed by atoms with Gasteiger partial charge in [-0.25, -0.2) is 4.39 Å². The molecule has 7 rings (SSSR count). The molecule has 2 aromatic carbocycles. The summed E-state index contributed by atoms with van der Waals surface area (Å²) in [5, 5.41) is 4.05. The lowest BCUT2D eigenvalue weighted by atomic mass is 9.77. The average molecular weight is 560 g/mol. The number of fused-ring (bicyclic) bond motifs is 1. The van der Waals surface area contributed by atoms with Crippen LogP contribution in [0.15, 0.2) is 59.1 Å². The van der Waals surface area contributed by atoms with Crippen LogP contribution in [-0.4, -0.2) is 69.6 Å². The number of nitrogens with zero attached hydrogens (tertiary/aromatic N) is 5. The summed E-state index contributed by atoms with van der Waals surface area (Å²) in [6, 6.07) is 16.3. The second kappa shape index (κ2) is 10.5. The summed E-state index contributed by atoms with van der Waals surface area (Å²) in [7, 11) is 0. The van der Waals surface area contributed by atoms with Crippen LogP contribution in [0.2, 0.25) is 0 Å². The van der Waals surface area contributed by atoms with Crippen molar-refractivity contribution in [1.82, 2.24) is 30.8 Å². The van der Waals surface area contributed by atoms with E-state index in [1.165, 1.54) is 12.1 Å². The monoisotopic (exact) mass is 559 g/mol. The van der Waals surface area contributed by atoms with Gasteiger partial charge < -0.3 is 19.2 Å². The third-order valence-corrected chi connectivity index (χ3v) is 9.36. The summed E-state index contributed by atoms with van der Waals surface area (Å²) in [4.78, 5) is 38.1. The molecule has 4 aliphatic rings. The Kier molecular flexibility index (Phi) is 6.70. The number of amides is 2. The fraction of sp³-hybridized carbons (Fsp3) is 0.467. The van der Waals surface area contributed by atoms with Crippen LogP contribution in [0.1, 0.15) is 38.0 Å². The molecule has 3 aromatic rings. The predicted octanol–water partition coefficient (Wildman–Crippen LogP) is 2.94. The average Bonchev–Trinajstić information content (AvgIpc) is 3.74. The van der Waals surface area contributed by atoms with E-state index in [0.29, 0.717) is 61.8 Å². The molecule has 0 bridgehead atoms. The topological polar surface area (TPSA) is 107 Å². The molecule has 11 heteroatoms. The number of nitrogens with one attached hydrogen (secondary N) is 2. The van der Waals surface area contributed by atoms with Crippen molar-refractivity contribution in [2.45, 2.75) is 50.2 Å². The summed E-state index contributed by atoms with van der Waals surface area (Å²) >= 11 is 0. The minimum atomic E-state index is -0.741. The molecule has 41 heavy (non-hydrogen) atoms. The molecule has 1 saturated carbocycles. The van der Waals surface area contributed by atoms with Crippen molar-refractivity contribution >= 4 is 17.5 Å². The van der Waals surface area contributed by atoms with Crippen LogP contribution in [0.5, 0.6) is 0 Å². The Morgan fingerprint density at radius 2 is 1.85 bits per heavy atom. The van der Waals surface area contributed by atoms with Gasteiger partial charge in [-0.3, -0.25) is 20.4 Å². The van der Waals surface area contributed by atoms with Gasteiger partial charge in [0.1, 0.15) is 17.9 Å². The number of halogens is 1. The molecule has 3 unspecified atom stereocenters. The number of piperidine rings is 1. The van der Waals surface area contributed by atoms with E-state index in [-0.39, 0.29) is 30.1 Å². The number of carbonyl (C=O) groups excluding carboxylic acids is 2. The van der Waals surface area contributed by atoms with Gasteiger partial charge in [-0.05, 0) is 74.4 Å². The summed E-state index contributed by atoms with van der Waals surface area (Å²) in [6.45, 7) is 2.58. The van der Waals surface area contributed by atoms with Crippen LogP contribution >= 0.6 is 0 Å². The second-order valence-electron chi connectivity index (χ2n) is 11.7. The molecule has 1 aliphatic carbocycles. The van der Waals surface area contributed by atoms with Gasteiger partial charge in [0.15, 0.2) is 0 Å². The van der Waals surface area contributed by atoms with E-state index in [2.05, 4.69) is 25.9 Å². The van der Waals surface area contributed by atoms with Crippen LogP contribution < -0.4 is 15.8 Å². The normalized spacial score (nSPS) is 25.6. The minimum absolute atomic E-state index is 0.0126. The Balaban J connectivity index is 1.07. The van der Waals surface area contributed by atoms with Crippen LogP contribution in [0.3, 0.4) is 0 Å². The van der Waals surface area contributed by atoms with Crippen molar-refractivity contribution < 1.29 is 18.5 Å².